The van der Waals surface area contributed by atoms with E-state index in [4.69, 9.17) is 5.11 Å². The van der Waals surface area contributed by atoms with Crippen LogP contribution in [-0.4, -0.2) is 35.1 Å². The van der Waals surface area contributed by atoms with Gasteiger partial charge in [-0.1, -0.05) is 32.6 Å². The average molecular weight is 227 g/mol. The molecule has 1 atom stereocenters. The molecule has 3 heteroatoms. The summed E-state index contributed by atoms with van der Waals surface area (Å²) in [5.41, 5.74) is 0. The first kappa shape index (κ1) is 13.5. The Morgan fingerprint density at radius 3 is 2.50 bits per heavy atom. The van der Waals surface area contributed by atoms with Gasteiger partial charge in [0, 0.05) is 6.04 Å². The van der Waals surface area contributed by atoms with E-state index < -0.39 is 5.97 Å². The number of hydrogen-bond donors (Lipinski definition) is 1. The zero-order chi connectivity index (χ0) is 11.8. The van der Waals surface area contributed by atoms with Crippen LogP contribution < -0.4 is 0 Å². The van der Waals surface area contributed by atoms with Crippen molar-refractivity contribution in [1.29, 1.82) is 0 Å². The van der Waals surface area contributed by atoms with Crippen molar-refractivity contribution in [2.75, 3.05) is 13.1 Å². The summed E-state index contributed by atoms with van der Waals surface area (Å²) < 4.78 is 0. The molecule has 1 fully saturated rings. The molecule has 0 radical (unpaired) electrons. The molecule has 1 aliphatic heterocycles. The second-order valence-corrected chi connectivity index (χ2v) is 4.84. The average Bonchev–Trinajstić information content (AvgIpc) is 2.75. The van der Waals surface area contributed by atoms with Crippen molar-refractivity contribution in [3.05, 3.63) is 0 Å². The highest BCUT2D eigenvalue weighted by Gasteiger charge is 2.23. The molecule has 1 unspecified atom stereocenters. The fourth-order valence-electron chi connectivity index (χ4n) is 2.53. The van der Waals surface area contributed by atoms with Crippen molar-refractivity contribution < 1.29 is 9.90 Å². The maximum Gasteiger partial charge on any atom is 0.304 e. The Labute approximate surface area is 98.8 Å². The molecule has 0 aliphatic carbocycles. The fourth-order valence-corrected chi connectivity index (χ4v) is 2.53. The predicted octanol–water partition coefficient (Wildman–Crippen LogP) is 2.90. The Morgan fingerprint density at radius 2 is 1.94 bits per heavy atom. The zero-order valence-corrected chi connectivity index (χ0v) is 10.5. The van der Waals surface area contributed by atoms with Gasteiger partial charge in [-0.15, -0.1) is 0 Å². The van der Waals surface area contributed by atoms with Gasteiger partial charge in [-0.2, -0.15) is 0 Å². The number of carboxylic acid groups (broad SMARTS) is 1. The largest absolute Gasteiger partial charge is 0.481 e. The Bertz CT molecular complexity index is 200. The molecule has 1 heterocycles. The SMILES string of the molecule is CCCCCCC(CC(=O)O)N1CCCC1. The van der Waals surface area contributed by atoms with Crippen LogP contribution in [0.4, 0.5) is 0 Å². The second kappa shape index (κ2) is 7.66. The molecule has 0 bridgehead atoms. The van der Waals surface area contributed by atoms with Gasteiger partial charge in [0.05, 0.1) is 6.42 Å². The summed E-state index contributed by atoms with van der Waals surface area (Å²) in [6.07, 6.45) is 8.82. The van der Waals surface area contributed by atoms with Gasteiger partial charge in [-0.05, 0) is 32.4 Å². The first-order valence-corrected chi connectivity index (χ1v) is 6.70. The molecule has 1 rings (SSSR count). The summed E-state index contributed by atoms with van der Waals surface area (Å²) in [6.45, 7) is 4.41. The topological polar surface area (TPSA) is 40.5 Å². The minimum absolute atomic E-state index is 0.289. The third-order valence-corrected chi connectivity index (χ3v) is 3.46. The van der Waals surface area contributed by atoms with E-state index >= 15 is 0 Å². The minimum Gasteiger partial charge on any atom is -0.481 e. The van der Waals surface area contributed by atoms with Crippen LogP contribution >= 0.6 is 0 Å². The smallest absolute Gasteiger partial charge is 0.304 e. The number of likely N-dealkylation sites (tertiary alicyclic amines) is 1. The molecule has 16 heavy (non-hydrogen) atoms. The van der Waals surface area contributed by atoms with Crippen molar-refractivity contribution in [3.63, 3.8) is 0 Å². The summed E-state index contributed by atoms with van der Waals surface area (Å²) in [5, 5.41) is 8.92. The lowest BCUT2D eigenvalue weighted by atomic mass is 10.0. The van der Waals surface area contributed by atoms with E-state index in [1.807, 2.05) is 0 Å². The molecule has 0 aromatic heterocycles. The zero-order valence-electron chi connectivity index (χ0n) is 10.5. The summed E-state index contributed by atoms with van der Waals surface area (Å²) in [5.74, 6) is -0.646. The maximum atomic E-state index is 10.8. The normalized spacial score (nSPS) is 18.8. The van der Waals surface area contributed by atoms with Crippen molar-refractivity contribution in [1.82, 2.24) is 4.90 Å². The monoisotopic (exact) mass is 227 g/mol. The number of rotatable bonds is 8. The standard InChI is InChI=1S/C13H25NO2/c1-2-3-4-5-8-12(11-13(15)16)14-9-6-7-10-14/h12H,2-11H2,1H3,(H,15,16). The van der Waals surface area contributed by atoms with Gasteiger partial charge in [-0.25, -0.2) is 0 Å². The van der Waals surface area contributed by atoms with Crippen molar-refractivity contribution in [2.45, 2.75) is 64.3 Å². The van der Waals surface area contributed by atoms with Crippen LogP contribution in [0.15, 0.2) is 0 Å². The number of carbonyl (C=O) groups is 1. The molecule has 0 saturated carbocycles. The molecule has 1 aliphatic rings. The van der Waals surface area contributed by atoms with Crippen LogP contribution in [0.5, 0.6) is 0 Å². The molecule has 0 spiro atoms. The van der Waals surface area contributed by atoms with Crippen LogP contribution in [0.1, 0.15) is 58.3 Å². The van der Waals surface area contributed by atoms with E-state index in [1.165, 1.54) is 38.5 Å². The minimum atomic E-state index is -0.646. The number of unbranched alkanes of at least 4 members (excludes halogenated alkanes) is 3. The summed E-state index contributed by atoms with van der Waals surface area (Å²) >= 11 is 0. The summed E-state index contributed by atoms with van der Waals surface area (Å²) in [6, 6.07) is 0.289. The highest BCUT2D eigenvalue weighted by Crippen LogP contribution is 2.19. The predicted molar refractivity (Wildman–Crippen MR) is 65.6 cm³/mol. The molecule has 1 saturated heterocycles. The van der Waals surface area contributed by atoms with E-state index in [0.29, 0.717) is 6.42 Å². The lowest BCUT2D eigenvalue weighted by Gasteiger charge is -2.26. The molecule has 0 aromatic carbocycles. The lowest BCUT2D eigenvalue weighted by Crippen LogP contribution is -2.34. The highest BCUT2D eigenvalue weighted by molar-refractivity contribution is 5.67. The van der Waals surface area contributed by atoms with Crippen LogP contribution in [0, 0.1) is 0 Å². The summed E-state index contributed by atoms with van der Waals surface area (Å²) in [7, 11) is 0. The van der Waals surface area contributed by atoms with E-state index in [1.54, 1.807) is 0 Å². The molecular formula is C13H25NO2. The Balaban J connectivity index is 2.28. The first-order chi connectivity index (χ1) is 7.74. The van der Waals surface area contributed by atoms with Crippen molar-refractivity contribution >= 4 is 5.97 Å². The molecule has 94 valence electrons. The Kier molecular flexibility index (Phi) is 6.46. The van der Waals surface area contributed by atoms with Gasteiger partial charge in [-0.3, -0.25) is 9.69 Å². The quantitative estimate of drug-likeness (QED) is 0.648. The number of carboxylic acids is 1. The lowest BCUT2D eigenvalue weighted by molar-refractivity contribution is -0.138. The van der Waals surface area contributed by atoms with Gasteiger partial charge in [0.15, 0.2) is 0 Å². The Hall–Kier alpha value is -0.570. The van der Waals surface area contributed by atoms with Gasteiger partial charge in [0.2, 0.25) is 0 Å². The van der Waals surface area contributed by atoms with Gasteiger partial charge < -0.3 is 5.11 Å². The van der Waals surface area contributed by atoms with Gasteiger partial charge in [0.1, 0.15) is 0 Å². The third kappa shape index (κ3) is 4.97. The number of hydrogen-bond acceptors (Lipinski definition) is 2. The van der Waals surface area contributed by atoms with Gasteiger partial charge in [0.25, 0.3) is 0 Å². The second-order valence-electron chi connectivity index (χ2n) is 4.84. The van der Waals surface area contributed by atoms with E-state index in [-0.39, 0.29) is 6.04 Å². The summed E-state index contributed by atoms with van der Waals surface area (Å²) in [4.78, 5) is 13.2. The number of aliphatic carboxylic acids is 1. The molecule has 0 aromatic rings. The van der Waals surface area contributed by atoms with Gasteiger partial charge >= 0.3 is 5.97 Å². The number of nitrogens with zero attached hydrogens (tertiary/aromatic N) is 1. The highest BCUT2D eigenvalue weighted by atomic mass is 16.4. The van der Waals surface area contributed by atoms with Crippen LogP contribution in [-0.2, 0) is 4.79 Å². The van der Waals surface area contributed by atoms with E-state index in [9.17, 15) is 4.79 Å². The third-order valence-electron chi connectivity index (χ3n) is 3.46. The van der Waals surface area contributed by atoms with E-state index in [2.05, 4.69) is 11.8 Å². The molecular weight excluding hydrogens is 202 g/mol. The Morgan fingerprint density at radius 1 is 1.25 bits per heavy atom. The van der Waals surface area contributed by atoms with Crippen LogP contribution in [0.3, 0.4) is 0 Å². The maximum absolute atomic E-state index is 10.8. The van der Waals surface area contributed by atoms with Crippen LogP contribution in [0.25, 0.3) is 0 Å². The van der Waals surface area contributed by atoms with Crippen molar-refractivity contribution in [2.24, 2.45) is 0 Å². The van der Waals surface area contributed by atoms with E-state index in [0.717, 1.165) is 19.5 Å². The van der Waals surface area contributed by atoms with Crippen LogP contribution in [0.2, 0.25) is 0 Å². The molecule has 1 N–H and O–H groups in total. The first-order valence-electron chi connectivity index (χ1n) is 6.70. The van der Waals surface area contributed by atoms with Crippen molar-refractivity contribution in [3.8, 4) is 0 Å². The molecule has 0 amide bonds. The fraction of sp³-hybridized carbons (Fsp3) is 0.923. The molecule has 3 nitrogen and oxygen atoms in total.